The number of nitrogens with one attached hydrogen (secondary N) is 1. The number of rotatable bonds is 3. The Morgan fingerprint density at radius 2 is 1.81 bits per heavy atom. The van der Waals surface area contributed by atoms with E-state index in [0.29, 0.717) is 18.4 Å². The van der Waals surface area contributed by atoms with E-state index < -0.39 is 0 Å². The first-order valence-electron chi connectivity index (χ1n) is 6.37. The van der Waals surface area contributed by atoms with Gasteiger partial charge in [-0.1, -0.05) is 32.1 Å². The van der Waals surface area contributed by atoms with Crippen LogP contribution in [0.4, 0.5) is 0 Å². The van der Waals surface area contributed by atoms with Crippen LogP contribution in [0.1, 0.15) is 62.6 Å². The van der Waals surface area contributed by atoms with Crippen molar-refractivity contribution in [3.63, 3.8) is 0 Å². The summed E-state index contributed by atoms with van der Waals surface area (Å²) in [5, 5.41) is 11.3. The van der Waals surface area contributed by atoms with E-state index in [4.69, 9.17) is 4.42 Å². The molecule has 1 aromatic heterocycles. The van der Waals surface area contributed by atoms with Gasteiger partial charge >= 0.3 is 0 Å². The minimum Gasteiger partial charge on any atom is -0.424 e. The molecule has 2 rings (SSSR count). The van der Waals surface area contributed by atoms with Gasteiger partial charge in [0.15, 0.2) is 0 Å². The standard InChI is InChI=1S/C12H21N3O/c1-13-9-11-14-15-12(16-11)10-7-5-3-2-4-6-8-10/h10,13H,2-9H2,1H3. The molecule has 16 heavy (non-hydrogen) atoms. The van der Waals surface area contributed by atoms with Crippen LogP contribution in [0.25, 0.3) is 0 Å². The summed E-state index contributed by atoms with van der Waals surface area (Å²) >= 11 is 0. The van der Waals surface area contributed by atoms with Crippen LogP contribution in [-0.2, 0) is 6.54 Å². The molecule has 1 aliphatic rings. The number of aromatic nitrogens is 2. The molecule has 0 atom stereocenters. The molecule has 0 unspecified atom stereocenters. The predicted octanol–water partition coefficient (Wildman–Crippen LogP) is 2.62. The molecule has 0 bridgehead atoms. The lowest BCUT2D eigenvalue weighted by Gasteiger charge is -2.15. The minimum absolute atomic E-state index is 0.499. The molecule has 1 aliphatic carbocycles. The molecule has 1 N–H and O–H groups in total. The number of hydrogen-bond donors (Lipinski definition) is 1. The number of hydrogen-bond acceptors (Lipinski definition) is 4. The summed E-state index contributed by atoms with van der Waals surface area (Å²) in [6.07, 6.45) is 9.12. The van der Waals surface area contributed by atoms with E-state index in [0.717, 1.165) is 5.89 Å². The van der Waals surface area contributed by atoms with Gasteiger partial charge in [0, 0.05) is 5.92 Å². The summed E-state index contributed by atoms with van der Waals surface area (Å²) < 4.78 is 5.68. The van der Waals surface area contributed by atoms with Crippen molar-refractivity contribution in [1.29, 1.82) is 0 Å². The SMILES string of the molecule is CNCc1nnc(C2CCCCCCC2)o1. The predicted molar refractivity (Wildman–Crippen MR) is 62.1 cm³/mol. The lowest BCUT2D eigenvalue weighted by atomic mass is 9.91. The van der Waals surface area contributed by atoms with Crippen molar-refractivity contribution in [2.75, 3.05) is 7.05 Å². The van der Waals surface area contributed by atoms with E-state index >= 15 is 0 Å². The smallest absolute Gasteiger partial charge is 0.230 e. The van der Waals surface area contributed by atoms with Gasteiger partial charge in [0.05, 0.1) is 6.54 Å². The summed E-state index contributed by atoms with van der Waals surface area (Å²) in [5.41, 5.74) is 0. The van der Waals surface area contributed by atoms with Crippen LogP contribution in [0, 0.1) is 0 Å². The maximum atomic E-state index is 5.68. The summed E-state index contributed by atoms with van der Waals surface area (Å²) in [4.78, 5) is 0. The van der Waals surface area contributed by atoms with Gasteiger partial charge in [0.2, 0.25) is 11.8 Å². The molecule has 1 fully saturated rings. The Hall–Kier alpha value is -0.900. The second-order valence-corrected chi connectivity index (χ2v) is 4.61. The molecule has 0 radical (unpaired) electrons. The first kappa shape index (κ1) is 11.6. The summed E-state index contributed by atoms with van der Waals surface area (Å²) in [6.45, 7) is 0.666. The van der Waals surface area contributed by atoms with E-state index in [1.54, 1.807) is 0 Å². The quantitative estimate of drug-likeness (QED) is 0.855. The van der Waals surface area contributed by atoms with Gasteiger partial charge in [-0.15, -0.1) is 10.2 Å². The maximum absolute atomic E-state index is 5.68. The van der Waals surface area contributed by atoms with Crippen LogP contribution in [0.5, 0.6) is 0 Å². The Labute approximate surface area is 96.8 Å². The van der Waals surface area contributed by atoms with Crippen LogP contribution in [0.3, 0.4) is 0 Å². The molecule has 0 spiro atoms. The van der Waals surface area contributed by atoms with Crippen molar-refractivity contribution in [1.82, 2.24) is 15.5 Å². The monoisotopic (exact) mass is 223 g/mol. The second kappa shape index (κ2) is 5.99. The van der Waals surface area contributed by atoms with E-state index in [2.05, 4.69) is 15.5 Å². The lowest BCUT2D eigenvalue weighted by Crippen LogP contribution is -2.05. The lowest BCUT2D eigenvalue weighted by molar-refractivity contribution is 0.360. The third-order valence-electron chi connectivity index (χ3n) is 3.26. The van der Waals surface area contributed by atoms with Crippen molar-refractivity contribution in [3.05, 3.63) is 11.8 Å². The Kier molecular flexibility index (Phi) is 4.34. The second-order valence-electron chi connectivity index (χ2n) is 4.61. The Morgan fingerprint density at radius 3 is 2.50 bits per heavy atom. The zero-order valence-corrected chi connectivity index (χ0v) is 10.0. The highest BCUT2D eigenvalue weighted by atomic mass is 16.4. The normalized spacial score (nSPS) is 19.3. The molecule has 1 aromatic rings. The largest absolute Gasteiger partial charge is 0.424 e. The van der Waals surface area contributed by atoms with Gasteiger partial charge in [-0.05, 0) is 19.9 Å². The topological polar surface area (TPSA) is 51.0 Å². The molecule has 4 heteroatoms. The average molecular weight is 223 g/mol. The Bertz CT molecular complexity index is 303. The first-order valence-corrected chi connectivity index (χ1v) is 6.37. The molecule has 1 heterocycles. The van der Waals surface area contributed by atoms with Crippen LogP contribution in [-0.4, -0.2) is 17.2 Å². The molecule has 90 valence electrons. The Morgan fingerprint density at radius 1 is 1.12 bits per heavy atom. The molecule has 4 nitrogen and oxygen atoms in total. The fourth-order valence-electron chi connectivity index (χ4n) is 2.36. The van der Waals surface area contributed by atoms with Crippen LogP contribution in [0.15, 0.2) is 4.42 Å². The highest BCUT2D eigenvalue weighted by Gasteiger charge is 2.19. The molecular weight excluding hydrogens is 202 g/mol. The zero-order valence-electron chi connectivity index (χ0n) is 10.0. The molecule has 0 aliphatic heterocycles. The van der Waals surface area contributed by atoms with Crippen molar-refractivity contribution in [3.8, 4) is 0 Å². The zero-order chi connectivity index (χ0) is 11.2. The fourth-order valence-corrected chi connectivity index (χ4v) is 2.36. The molecule has 0 amide bonds. The summed E-state index contributed by atoms with van der Waals surface area (Å²) in [7, 11) is 1.89. The average Bonchev–Trinajstić information content (AvgIpc) is 2.66. The third kappa shape index (κ3) is 3.04. The van der Waals surface area contributed by atoms with E-state index in [9.17, 15) is 0 Å². The van der Waals surface area contributed by atoms with Gasteiger partial charge in [-0.2, -0.15) is 0 Å². The van der Waals surface area contributed by atoms with Crippen molar-refractivity contribution >= 4 is 0 Å². The summed E-state index contributed by atoms with van der Waals surface area (Å²) in [6, 6.07) is 0. The molecule has 1 saturated carbocycles. The summed E-state index contributed by atoms with van der Waals surface area (Å²) in [5.74, 6) is 2.06. The van der Waals surface area contributed by atoms with Gasteiger partial charge in [0.25, 0.3) is 0 Å². The van der Waals surface area contributed by atoms with E-state index in [-0.39, 0.29) is 0 Å². The highest BCUT2D eigenvalue weighted by molar-refractivity contribution is 4.92. The van der Waals surface area contributed by atoms with Gasteiger partial charge in [0.1, 0.15) is 0 Å². The minimum atomic E-state index is 0.499. The van der Waals surface area contributed by atoms with Crippen molar-refractivity contribution in [2.45, 2.75) is 57.4 Å². The first-order chi connectivity index (χ1) is 7.90. The molecule has 0 aromatic carbocycles. The molecule has 0 saturated heterocycles. The maximum Gasteiger partial charge on any atom is 0.230 e. The van der Waals surface area contributed by atoms with Crippen LogP contribution < -0.4 is 5.32 Å². The van der Waals surface area contributed by atoms with Crippen LogP contribution >= 0.6 is 0 Å². The third-order valence-corrected chi connectivity index (χ3v) is 3.26. The van der Waals surface area contributed by atoms with E-state index in [1.165, 1.54) is 44.9 Å². The van der Waals surface area contributed by atoms with Crippen LogP contribution in [0.2, 0.25) is 0 Å². The number of nitrogens with zero attached hydrogens (tertiary/aromatic N) is 2. The van der Waals surface area contributed by atoms with Gasteiger partial charge in [-0.3, -0.25) is 0 Å². The van der Waals surface area contributed by atoms with Gasteiger partial charge in [-0.25, -0.2) is 0 Å². The highest BCUT2D eigenvalue weighted by Crippen LogP contribution is 2.29. The molecular formula is C12H21N3O. The van der Waals surface area contributed by atoms with Crippen molar-refractivity contribution < 1.29 is 4.42 Å². The van der Waals surface area contributed by atoms with E-state index in [1.807, 2.05) is 7.05 Å². The van der Waals surface area contributed by atoms with Crippen molar-refractivity contribution in [2.24, 2.45) is 0 Å². The Balaban J connectivity index is 1.97. The fraction of sp³-hybridized carbons (Fsp3) is 0.833. The van der Waals surface area contributed by atoms with Gasteiger partial charge < -0.3 is 9.73 Å².